The van der Waals surface area contributed by atoms with E-state index in [0.717, 1.165) is 20.9 Å². The number of benzene rings is 3. The molecule has 0 aliphatic carbocycles. The van der Waals surface area contributed by atoms with Crippen molar-refractivity contribution in [2.45, 2.75) is 0 Å². The van der Waals surface area contributed by atoms with E-state index >= 15 is 0 Å². The summed E-state index contributed by atoms with van der Waals surface area (Å²) in [6, 6.07) is 21.6. The lowest BCUT2D eigenvalue weighted by molar-refractivity contribution is 0.546. The van der Waals surface area contributed by atoms with Gasteiger partial charge in [0.15, 0.2) is 0 Å². The zero-order valence-corrected chi connectivity index (χ0v) is 16.1. The number of rotatable bonds is 2. The standard InChI is InChI=1S/C22H13BrFN3O/c23-14-8-9-20-13(10-14)11-17(21-26-18-6-1-2-7-19(18)27-21)22(28-20)25-16-5-3-4-15(24)12-16/h1-12H,(H,26,27). The van der Waals surface area contributed by atoms with Crippen LogP contribution in [0.4, 0.5) is 10.1 Å². The summed E-state index contributed by atoms with van der Waals surface area (Å²) in [5.74, 6) is 0.290. The van der Waals surface area contributed by atoms with Gasteiger partial charge in [-0.15, -0.1) is 0 Å². The molecule has 2 heterocycles. The Morgan fingerprint density at radius 1 is 0.964 bits per heavy atom. The first-order valence-electron chi connectivity index (χ1n) is 8.64. The average molecular weight is 434 g/mol. The van der Waals surface area contributed by atoms with E-state index in [9.17, 15) is 4.39 Å². The second kappa shape index (κ2) is 6.73. The molecular weight excluding hydrogens is 421 g/mol. The van der Waals surface area contributed by atoms with Crippen LogP contribution in [0.3, 0.4) is 0 Å². The highest BCUT2D eigenvalue weighted by Gasteiger charge is 2.12. The van der Waals surface area contributed by atoms with E-state index in [1.54, 1.807) is 12.1 Å². The Morgan fingerprint density at radius 3 is 2.71 bits per heavy atom. The molecule has 0 fully saturated rings. The summed E-state index contributed by atoms with van der Waals surface area (Å²) >= 11 is 3.49. The van der Waals surface area contributed by atoms with Crippen molar-refractivity contribution < 1.29 is 8.81 Å². The van der Waals surface area contributed by atoms with Crippen LogP contribution in [0.15, 0.2) is 86.7 Å². The molecule has 5 rings (SSSR count). The number of aromatic nitrogens is 2. The van der Waals surface area contributed by atoms with Crippen molar-refractivity contribution >= 4 is 43.6 Å². The molecule has 3 aromatic carbocycles. The topological polar surface area (TPSA) is 54.2 Å². The van der Waals surface area contributed by atoms with Crippen molar-refractivity contribution in [1.29, 1.82) is 0 Å². The minimum atomic E-state index is -0.351. The van der Waals surface area contributed by atoms with E-state index in [1.165, 1.54) is 12.1 Å². The molecule has 0 aliphatic rings. The molecule has 1 N–H and O–H groups in total. The second-order valence-corrected chi connectivity index (χ2v) is 7.26. The highest BCUT2D eigenvalue weighted by molar-refractivity contribution is 9.10. The summed E-state index contributed by atoms with van der Waals surface area (Å²) in [7, 11) is 0. The smallest absolute Gasteiger partial charge is 0.230 e. The lowest BCUT2D eigenvalue weighted by Gasteiger charge is -2.04. The number of fused-ring (bicyclic) bond motifs is 2. The summed E-state index contributed by atoms with van der Waals surface area (Å²) in [6.07, 6.45) is 0. The Kier molecular flexibility index (Phi) is 4.06. The van der Waals surface area contributed by atoms with Gasteiger partial charge in [0, 0.05) is 9.86 Å². The molecule has 0 radical (unpaired) electrons. The first-order chi connectivity index (χ1) is 13.7. The summed E-state index contributed by atoms with van der Waals surface area (Å²) in [5, 5.41) is 0.906. The van der Waals surface area contributed by atoms with Gasteiger partial charge in [0.2, 0.25) is 5.55 Å². The molecular formula is C22H13BrFN3O. The number of nitrogens with zero attached hydrogens (tertiary/aromatic N) is 2. The normalized spacial score (nSPS) is 12.1. The molecule has 0 saturated heterocycles. The number of halogens is 2. The largest absolute Gasteiger partial charge is 0.438 e. The summed E-state index contributed by atoms with van der Waals surface area (Å²) in [5.41, 5.74) is 3.98. The summed E-state index contributed by atoms with van der Waals surface area (Å²) < 4.78 is 20.6. The third-order valence-electron chi connectivity index (χ3n) is 4.39. The van der Waals surface area contributed by atoms with Gasteiger partial charge < -0.3 is 9.40 Å². The van der Waals surface area contributed by atoms with E-state index in [4.69, 9.17) is 4.42 Å². The highest BCUT2D eigenvalue weighted by Crippen LogP contribution is 2.25. The monoisotopic (exact) mass is 433 g/mol. The van der Waals surface area contributed by atoms with Crippen LogP contribution in [0.1, 0.15) is 0 Å². The van der Waals surface area contributed by atoms with Crippen molar-refractivity contribution in [2.75, 3.05) is 0 Å². The van der Waals surface area contributed by atoms with Gasteiger partial charge in [0.1, 0.15) is 17.2 Å². The lowest BCUT2D eigenvalue weighted by atomic mass is 10.2. The Balaban J connectivity index is 1.82. The second-order valence-electron chi connectivity index (χ2n) is 6.34. The van der Waals surface area contributed by atoms with Gasteiger partial charge in [-0.05, 0) is 54.6 Å². The molecule has 0 bridgehead atoms. The Hall–Kier alpha value is -3.25. The molecule has 2 aromatic heterocycles. The number of para-hydroxylation sites is 2. The van der Waals surface area contributed by atoms with Gasteiger partial charge in [0.05, 0.1) is 22.3 Å². The number of nitrogens with one attached hydrogen (secondary N) is 1. The zero-order valence-electron chi connectivity index (χ0n) is 14.5. The van der Waals surface area contributed by atoms with Crippen LogP contribution in [0, 0.1) is 5.82 Å². The number of H-pyrrole nitrogens is 1. The zero-order chi connectivity index (χ0) is 19.1. The third kappa shape index (κ3) is 3.12. The molecule has 0 saturated carbocycles. The fourth-order valence-corrected chi connectivity index (χ4v) is 3.48. The summed E-state index contributed by atoms with van der Waals surface area (Å²) in [6.45, 7) is 0. The predicted octanol–water partition coefficient (Wildman–Crippen LogP) is 6.11. The number of hydrogen-bond acceptors (Lipinski definition) is 3. The van der Waals surface area contributed by atoms with Gasteiger partial charge in [-0.2, -0.15) is 0 Å². The van der Waals surface area contributed by atoms with Gasteiger partial charge in [-0.25, -0.2) is 14.4 Å². The lowest BCUT2D eigenvalue weighted by Crippen LogP contribution is -2.06. The van der Waals surface area contributed by atoms with E-state index in [2.05, 4.69) is 30.9 Å². The molecule has 0 aliphatic heterocycles. The van der Waals surface area contributed by atoms with Crippen LogP contribution in [0.5, 0.6) is 0 Å². The molecule has 0 spiro atoms. The van der Waals surface area contributed by atoms with Crippen LogP contribution in [0.25, 0.3) is 33.4 Å². The maximum absolute atomic E-state index is 13.6. The molecule has 4 nitrogen and oxygen atoms in total. The minimum absolute atomic E-state index is 0.351. The van der Waals surface area contributed by atoms with Crippen molar-refractivity contribution in [3.63, 3.8) is 0 Å². The highest BCUT2D eigenvalue weighted by atomic mass is 79.9. The Bertz CT molecular complexity index is 1370. The van der Waals surface area contributed by atoms with E-state index in [1.807, 2.05) is 48.5 Å². The molecule has 0 amide bonds. The number of hydrogen-bond donors (Lipinski definition) is 1. The van der Waals surface area contributed by atoms with Crippen molar-refractivity contribution in [3.05, 3.63) is 88.6 Å². The number of imidazole rings is 1. The van der Waals surface area contributed by atoms with Crippen LogP contribution < -0.4 is 5.55 Å². The van der Waals surface area contributed by atoms with Gasteiger partial charge in [-0.3, -0.25) is 0 Å². The first-order valence-corrected chi connectivity index (χ1v) is 9.44. The third-order valence-corrected chi connectivity index (χ3v) is 4.89. The molecule has 0 unspecified atom stereocenters. The minimum Gasteiger partial charge on any atom is -0.438 e. The van der Waals surface area contributed by atoms with Gasteiger partial charge in [-0.1, -0.05) is 34.1 Å². The Labute approximate surface area is 167 Å². The molecule has 136 valence electrons. The van der Waals surface area contributed by atoms with Crippen LogP contribution in [-0.2, 0) is 0 Å². The van der Waals surface area contributed by atoms with Crippen LogP contribution >= 0.6 is 15.9 Å². The maximum Gasteiger partial charge on any atom is 0.230 e. The van der Waals surface area contributed by atoms with Gasteiger partial charge >= 0.3 is 0 Å². The SMILES string of the molecule is Fc1cccc(N=c2oc3ccc(Br)cc3cc2-c2nc3ccccc3[nH]2)c1. The van der Waals surface area contributed by atoms with E-state index in [-0.39, 0.29) is 5.82 Å². The Morgan fingerprint density at radius 2 is 1.86 bits per heavy atom. The molecule has 5 aromatic rings. The van der Waals surface area contributed by atoms with Crippen LogP contribution in [0.2, 0.25) is 0 Å². The maximum atomic E-state index is 13.6. The van der Waals surface area contributed by atoms with Crippen LogP contribution in [-0.4, -0.2) is 9.97 Å². The molecule has 0 atom stereocenters. The quantitative estimate of drug-likeness (QED) is 0.365. The fraction of sp³-hybridized carbons (Fsp3) is 0. The first kappa shape index (κ1) is 16.9. The average Bonchev–Trinajstić information content (AvgIpc) is 3.12. The van der Waals surface area contributed by atoms with Crippen molar-refractivity contribution in [2.24, 2.45) is 4.99 Å². The van der Waals surface area contributed by atoms with Gasteiger partial charge in [0.25, 0.3) is 0 Å². The predicted molar refractivity (Wildman–Crippen MR) is 111 cm³/mol. The van der Waals surface area contributed by atoms with E-state index < -0.39 is 0 Å². The molecule has 6 heteroatoms. The molecule has 28 heavy (non-hydrogen) atoms. The number of aromatic amines is 1. The summed E-state index contributed by atoms with van der Waals surface area (Å²) in [4.78, 5) is 12.5. The van der Waals surface area contributed by atoms with Crippen molar-refractivity contribution in [1.82, 2.24) is 9.97 Å². The van der Waals surface area contributed by atoms with Crippen molar-refractivity contribution in [3.8, 4) is 11.4 Å². The fourth-order valence-electron chi connectivity index (χ4n) is 3.10. The van der Waals surface area contributed by atoms with E-state index in [0.29, 0.717) is 28.2 Å².